The summed E-state index contributed by atoms with van der Waals surface area (Å²) in [4.78, 5) is 31.5. The van der Waals surface area contributed by atoms with Gasteiger partial charge in [-0.25, -0.2) is 0 Å². The number of aliphatic hydroxyl groups is 1. The summed E-state index contributed by atoms with van der Waals surface area (Å²) in [6, 6.07) is 13.1. The molecule has 0 radical (unpaired) electrons. The van der Waals surface area contributed by atoms with E-state index in [1.807, 2.05) is 6.07 Å². The number of nitrogens with zero attached hydrogens (tertiary/aromatic N) is 2. The third-order valence-electron chi connectivity index (χ3n) is 5.37. The molecule has 0 spiro atoms. The van der Waals surface area contributed by atoms with Crippen molar-refractivity contribution in [2.24, 2.45) is 0 Å². The van der Waals surface area contributed by atoms with Crippen LogP contribution in [0, 0.1) is 0 Å². The van der Waals surface area contributed by atoms with Gasteiger partial charge >= 0.3 is 0 Å². The van der Waals surface area contributed by atoms with Gasteiger partial charge in [0.1, 0.15) is 23.3 Å². The van der Waals surface area contributed by atoms with Crippen molar-refractivity contribution >= 4 is 17.4 Å². The van der Waals surface area contributed by atoms with E-state index >= 15 is 0 Å². The molecule has 0 bridgehead atoms. The third kappa shape index (κ3) is 2.95. The lowest BCUT2D eigenvalue weighted by molar-refractivity contribution is -0.140. The second-order valence-electron chi connectivity index (χ2n) is 7.18. The fourth-order valence-electron chi connectivity index (χ4n) is 3.94. The van der Waals surface area contributed by atoms with Gasteiger partial charge in [0.25, 0.3) is 11.7 Å². The summed E-state index contributed by atoms with van der Waals surface area (Å²) in [5.41, 5.74) is 2.05. The molecule has 2 aromatic heterocycles. The van der Waals surface area contributed by atoms with Crippen LogP contribution in [0.4, 0.5) is 0 Å². The molecule has 150 valence electrons. The van der Waals surface area contributed by atoms with Crippen LogP contribution in [0.2, 0.25) is 0 Å². The molecule has 30 heavy (non-hydrogen) atoms. The van der Waals surface area contributed by atoms with Crippen LogP contribution in [0.25, 0.3) is 5.76 Å². The summed E-state index contributed by atoms with van der Waals surface area (Å²) in [6.45, 7) is 0.700. The van der Waals surface area contributed by atoms with E-state index in [2.05, 4.69) is 4.98 Å². The maximum absolute atomic E-state index is 13.0. The average molecular weight is 402 g/mol. The Morgan fingerprint density at radius 1 is 1.17 bits per heavy atom. The third-order valence-corrected chi connectivity index (χ3v) is 5.37. The van der Waals surface area contributed by atoms with E-state index in [0.29, 0.717) is 23.6 Å². The van der Waals surface area contributed by atoms with Gasteiger partial charge in [0.15, 0.2) is 0 Å². The predicted molar refractivity (Wildman–Crippen MR) is 106 cm³/mol. The zero-order chi connectivity index (χ0) is 20.7. The van der Waals surface area contributed by atoms with Crippen molar-refractivity contribution in [3.63, 3.8) is 0 Å². The number of ketones is 1. The lowest BCUT2D eigenvalue weighted by Gasteiger charge is -2.22. The lowest BCUT2D eigenvalue weighted by atomic mass is 9.98. The number of carbonyl (C=O) groups excluding carboxylic acids is 2. The van der Waals surface area contributed by atoms with Gasteiger partial charge in [-0.2, -0.15) is 0 Å². The molecule has 7 nitrogen and oxygen atoms in total. The Kier molecular flexibility index (Phi) is 4.35. The summed E-state index contributed by atoms with van der Waals surface area (Å²) < 4.78 is 11.1. The van der Waals surface area contributed by atoms with Gasteiger partial charge < -0.3 is 19.2 Å². The van der Waals surface area contributed by atoms with Crippen molar-refractivity contribution in [3.05, 3.63) is 89.1 Å². The number of aromatic nitrogens is 1. The Labute approximate surface area is 172 Å². The van der Waals surface area contributed by atoms with Crippen molar-refractivity contribution in [1.29, 1.82) is 0 Å². The summed E-state index contributed by atoms with van der Waals surface area (Å²) in [7, 11) is 0. The second-order valence-corrected chi connectivity index (χ2v) is 7.18. The van der Waals surface area contributed by atoms with Crippen LogP contribution in [-0.4, -0.2) is 33.3 Å². The molecule has 2 aliphatic heterocycles. The zero-order valence-corrected chi connectivity index (χ0v) is 15.9. The number of fused-ring (bicyclic) bond motifs is 1. The van der Waals surface area contributed by atoms with Crippen LogP contribution in [0.15, 0.2) is 71.0 Å². The maximum atomic E-state index is 13.0. The number of rotatable bonds is 4. The summed E-state index contributed by atoms with van der Waals surface area (Å²) >= 11 is 0. The van der Waals surface area contributed by atoms with Gasteiger partial charge in [0.2, 0.25) is 0 Å². The quantitative estimate of drug-likeness (QED) is 0.409. The molecule has 4 heterocycles. The number of hydrogen-bond donors (Lipinski definition) is 1. The monoisotopic (exact) mass is 402 g/mol. The minimum atomic E-state index is -0.841. The van der Waals surface area contributed by atoms with Crippen molar-refractivity contribution in [3.8, 4) is 5.75 Å². The molecule has 5 rings (SSSR count). The van der Waals surface area contributed by atoms with E-state index in [0.717, 1.165) is 17.7 Å². The minimum absolute atomic E-state index is 0.00439. The predicted octanol–water partition coefficient (Wildman–Crippen LogP) is 3.23. The van der Waals surface area contributed by atoms with Crippen molar-refractivity contribution in [2.75, 3.05) is 6.61 Å². The molecule has 1 saturated heterocycles. The molecule has 1 amide bonds. The van der Waals surface area contributed by atoms with Gasteiger partial charge in [0, 0.05) is 18.2 Å². The smallest absolute Gasteiger partial charge is 0.296 e. The first-order valence-corrected chi connectivity index (χ1v) is 9.61. The molecule has 0 saturated carbocycles. The van der Waals surface area contributed by atoms with E-state index in [1.54, 1.807) is 48.7 Å². The zero-order valence-electron chi connectivity index (χ0n) is 15.9. The molecule has 7 heteroatoms. The molecule has 1 N–H and O–H groups in total. The lowest BCUT2D eigenvalue weighted by Crippen LogP contribution is -2.29. The van der Waals surface area contributed by atoms with Crippen LogP contribution in [0.1, 0.15) is 28.6 Å². The second kappa shape index (κ2) is 7.18. The van der Waals surface area contributed by atoms with E-state index < -0.39 is 17.7 Å². The first-order chi connectivity index (χ1) is 14.6. The number of ether oxygens (including phenoxy) is 1. The number of amides is 1. The van der Waals surface area contributed by atoms with E-state index in [1.165, 1.54) is 11.2 Å². The van der Waals surface area contributed by atoms with Gasteiger partial charge in [-0.05, 0) is 48.0 Å². The van der Waals surface area contributed by atoms with Gasteiger partial charge in [0.05, 0.1) is 30.7 Å². The van der Waals surface area contributed by atoms with Crippen LogP contribution in [-0.2, 0) is 22.6 Å². The van der Waals surface area contributed by atoms with Crippen molar-refractivity contribution < 1.29 is 23.8 Å². The molecule has 1 aromatic carbocycles. The number of benzene rings is 1. The number of hydrogen-bond acceptors (Lipinski definition) is 6. The number of likely N-dealkylation sites (tertiary alicyclic amines) is 1. The molecule has 1 fully saturated rings. The summed E-state index contributed by atoms with van der Waals surface area (Å²) in [6.07, 6.45) is 3.83. The highest BCUT2D eigenvalue weighted by atomic mass is 16.5. The highest BCUT2D eigenvalue weighted by Gasteiger charge is 2.47. The van der Waals surface area contributed by atoms with Crippen LogP contribution >= 0.6 is 0 Å². The highest BCUT2D eigenvalue weighted by molar-refractivity contribution is 6.46. The van der Waals surface area contributed by atoms with Gasteiger partial charge in [-0.3, -0.25) is 14.6 Å². The van der Waals surface area contributed by atoms with E-state index in [4.69, 9.17) is 9.15 Å². The minimum Gasteiger partial charge on any atom is -0.507 e. The summed E-state index contributed by atoms with van der Waals surface area (Å²) in [5, 5.41) is 11.1. The van der Waals surface area contributed by atoms with Gasteiger partial charge in [-0.1, -0.05) is 6.07 Å². The summed E-state index contributed by atoms with van der Waals surface area (Å²) in [5.74, 6) is -0.511. The Morgan fingerprint density at radius 2 is 2.07 bits per heavy atom. The van der Waals surface area contributed by atoms with Gasteiger partial charge in [-0.15, -0.1) is 0 Å². The van der Waals surface area contributed by atoms with Crippen molar-refractivity contribution in [2.45, 2.75) is 19.0 Å². The SMILES string of the molecule is O=C1C(=O)N(Cc2ccccn2)C(c2ccco2)/C1=C(/O)c1ccc2c(c1)CCO2. The van der Waals surface area contributed by atoms with Crippen LogP contribution < -0.4 is 4.74 Å². The Balaban J connectivity index is 1.61. The van der Waals surface area contributed by atoms with Crippen LogP contribution in [0.5, 0.6) is 5.75 Å². The Hall–Kier alpha value is -3.87. The standard InChI is InChI=1S/C23H18N2O5/c26-21(15-6-7-17-14(12-15)8-11-30-17)19-20(18-5-3-10-29-18)25(23(28)22(19)27)13-16-4-1-2-9-24-16/h1-7,9-10,12,20,26H,8,11,13H2/b21-19-. The first-order valence-electron chi connectivity index (χ1n) is 9.61. The fraction of sp³-hybridized carbons (Fsp3) is 0.174. The average Bonchev–Trinajstić information content (AvgIpc) is 3.50. The topological polar surface area (TPSA) is 92.9 Å². The molecular formula is C23H18N2O5. The Bertz CT molecular complexity index is 1150. The van der Waals surface area contributed by atoms with Crippen molar-refractivity contribution in [1.82, 2.24) is 9.88 Å². The van der Waals surface area contributed by atoms with E-state index in [-0.39, 0.29) is 17.9 Å². The molecule has 0 aliphatic carbocycles. The molecule has 2 aliphatic rings. The van der Waals surface area contributed by atoms with E-state index in [9.17, 15) is 14.7 Å². The maximum Gasteiger partial charge on any atom is 0.296 e. The largest absolute Gasteiger partial charge is 0.507 e. The number of furan rings is 1. The number of aliphatic hydroxyl groups excluding tert-OH is 1. The molecule has 3 aromatic rings. The number of pyridine rings is 1. The highest BCUT2D eigenvalue weighted by Crippen LogP contribution is 2.41. The fourth-order valence-corrected chi connectivity index (χ4v) is 3.94. The Morgan fingerprint density at radius 3 is 2.83 bits per heavy atom. The number of carbonyl (C=O) groups is 2. The molecule has 1 unspecified atom stereocenters. The first kappa shape index (κ1) is 18.2. The number of Topliss-reactive ketones (excluding diaryl/α,β-unsaturated/α-hetero) is 1. The molecular weight excluding hydrogens is 384 g/mol. The molecule has 1 atom stereocenters. The normalized spacial score (nSPS) is 19.7. The van der Waals surface area contributed by atoms with Crippen LogP contribution in [0.3, 0.4) is 0 Å².